The van der Waals surface area contributed by atoms with Crippen molar-refractivity contribution in [1.29, 1.82) is 0 Å². The van der Waals surface area contributed by atoms with Gasteiger partial charge in [0.25, 0.3) is 5.17 Å². The van der Waals surface area contributed by atoms with Gasteiger partial charge in [0.2, 0.25) is 0 Å². The van der Waals surface area contributed by atoms with Crippen LogP contribution in [0, 0.1) is 0 Å². The van der Waals surface area contributed by atoms with E-state index in [1.54, 1.807) is 4.90 Å². The van der Waals surface area contributed by atoms with Crippen LogP contribution in [0.1, 0.15) is 25.3 Å². The van der Waals surface area contributed by atoms with Gasteiger partial charge >= 0.3 is 0 Å². The van der Waals surface area contributed by atoms with E-state index in [2.05, 4.69) is 26.0 Å². The first-order valence-electron chi connectivity index (χ1n) is 5.00. The summed E-state index contributed by atoms with van der Waals surface area (Å²) in [7, 11) is 3.73. The minimum atomic E-state index is 0.479. The summed E-state index contributed by atoms with van der Waals surface area (Å²) in [5, 5.41) is 0.479. The molecule has 2 nitrogen and oxygen atoms in total. The fraction of sp³-hybridized carbons (Fsp3) is 0.417. The Bertz CT molecular complexity index is 330. The van der Waals surface area contributed by atoms with Crippen LogP contribution in [-0.4, -0.2) is 24.2 Å². The molecule has 1 aromatic rings. The van der Waals surface area contributed by atoms with E-state index in [0.717, 1.165) is 5.75 Å². The van der Waals surface area contributed by atoms with Crippen molar-refractivity contribution in [3.8, 4) is 5.75 Å². The lowest BCUT2D eigenvalue weighted by molar-refractivity contribution is 0.449. The molecule has 0 saturated heterocycles. The van der Waals surface area contributed by atoms with Crippen molar-refractivity contribution >= 4 is 17.4 Å². The molecule has 0 atom stereocenters. The van der Waals surface area contributed by atoms with Gasteiger partial charge < -0.3 is 9.64 Å². The van der Waals surface area contributed by atoms with Gasteiger partial charge in [-0.2, -0.15) is 0 Å². The third-order valence-corrected chi connectivity index (χ3v) is 2.57. The number of ether oxygens (including phenoxy) is 1. The monoisotopic (exact) mass is 223 g/mol. The van der Waals surface area contributed by atoms with Crippen molar-refractivity contribution in [2.24, 2.45) is 0 Å². The van der Waals surface area contributed by atoms with Crippen LogP contribution in [0.4, 0.5) is 0 Å². The molecular formula is C12H17NOS. The third kappa shape index (κ3) is 3.51. The van der Waals surface area contributed by atoms with Crippen LogP contribution < -0.4 is 4.74 Å². The van der Waals surface area contributed by atoms with Gasteiger partial charge in [0.15, 0.2) is 0 Å². The molecule has 1 rings (SSSR count). The molecule has 0 radical (unpaired) electrons. The molecule has 3 heteroatoms. The fourth-order valence-electron chi connectivity index (χ4n) is 1.11. The largest absolute Gasteiger partial charge is 0.432 e. The molecule has 0 aliphatic heterocycles. The number of benzene rings is 1. The zero-order valence-corrected chi connectivity index (χ0v) is 10.5. The zero-order chi connectivity index (χ0) is 11.4. The first-order chi connectivity index (χ1) is 7.00. The van der Waals surface area contributed by atoms with E-state index < -0.39 is 0 Å². The Labute approximate surface area is 96.9 Å². The standard InChI is InChI=1S/C12H17NOS/c1-9(2)10-5-7-11(8-6-10)14-12(15)13(3)4/h5-9H,1-4H3. The summed E-state index contributed by atoms with van der Waals surface area (Å²) < 4.78 is 5.47. The molecule has 0 saturated carbocycles. The Morgan fingerprint density at radius 1 is 1.20 bits per heavy atom. The third-order valence-electron chi connectivity index (χ3n) is 2.12. The van der Waals surface area contributed by atoms with E-state index in [4.69, 9.17) is 17.0 Å². The summed E-state index contributed by atoms with van der Waals surface area (Å²) in [6.45, 7) is 4.33. The summed E-state index contributed by atoms with van der Waals surface area (Å²) in [6, 6.07) is 8.03. The minimum Gasteiger partial charge on any atom is -0.432 e. The quantitative estimate of drug-likeness (QED) is 0.715. The van der Waals surface area contributed by atoms with Crippen LogP contribution in [-0.2, 0) is 0 Å². The molecule has 0 aliphatic rings. The van der Waals surface area contributed by atoms with Crippen LogP contribution in [0.15, 0.2) is 24.3 Å². The topological polar surface area (TPSA) is 12.5 Å². The number of hydrogen-bond acceptors (Lipinski definition) is 2. The summed E-state index contributed by atoms with van der Waals surface area (Å²) in [4.78, 5) is 1.77. The maximum atomic E-state index is 5.47. The lowest BCUT2D eigenvalue weighted by atomic mass is 10.0. The molecule has 0 aromatic heterocycles. The average Bonchev–Trinajstić information content (AvgIpc) is 2.18. The van der Waals surface area contributed by atoms with Gasteiger partial charge in [0, 0.05) is 14.1 Å². The molecule has 0 spiro atoms. The normalized spacial score (nSPS) is 10.2. The number of rotatable bonds is 2. The highest BCUT2D eigenvalue weighted by Gasteiger charge is 2.03. The maximum absolute atomic E-state index is 5.47. The lowest BCUT2D eigenvalue weighted by Gasteiger charge is -2.14. The van der Waals surface area contributed by atoms with Crippen LogP contribution in [0.3, 0.4) is 0 Å². The van der Waals surface area contributed by atoms with Gasteiger partial charge in [-0.05, 0) is 35.8 Å². The second-order valence-electron chi connectivity index (χ2n) is 3.99. The van der Waals surface area contributed by atoms with E-state index in [-0.39, 0.29) is 0 Å². The molecule has 0 fully saturated rings. The van der Waals surface area contributed by atoms with Crippen LogP contribution in [0.5, 0.6) is 5.75 Å². The zero-order valence-electron chi connectivity index (χ0n) is 9.65. The van der Waals surface area contributed by atoms with Gasteiger partial charge in [0.1, 0.15) is 5.75 Å². The van der Waals surface area contributed by atoms with Crippen molar-refractivity contribution in [2.45, 2.75) is 19.8 Å². The number of thiocarbonyl (C=S) groups is 1. The molecule has 0 N–H and O–H groups in total. The molecule has 0 heterocycles. The van der Waals surface area contributed by atoms with Crippen molar-refractivity contribution in [2.75, 3.05) is 14.1 Å². The van der Waals surface area contributed by atoms with E-state index in [9.17, 15) is 0 Å². The predicted octanol–water partition coefficient (Wildman–Crippen LogP) is 3.04. The molecule has 0 aliphatic carbocycles. The van der Waals surface area contributed by atoms with Crippen molar-refractivity contribution in [1.82, 2.24) is 4.90 Å². The number of nitrogens with zero attached hydrogens (tertiary/aromatic N) is 1. The fourth-order valence-corrected chi connectivity index (χ4v) is 1.21. The summed E-state index contributed by atoms with van der Waals surface area (Å²) in [5.41, 5.74) is 1.30. The Balaban J connectivity index is 2.69. The highest BCUT2D eigenvalue weighted by atomic mass is 32.1. The van der Waals surface area contributed by atoms with Gasteiger partial charge in [-0.1, -0.05) is 26.0 Å². The number of hydrogen-bond donors (Lipinski definition) is 0. The highest BCUT2D eigenvalue weighted by Crippen LogP contribution is 2.18. The predicted molar refractivity (Wildman–Crippen MR) is 67.4 cm³/mol. The first kappa shape index (κ1) is 12.0. The van der Waals surface area contributed by atoms with Crippen molar-refractivity contribution < 1.29 is 4.74 Å². The average molecular weight is 223 g/mol. The van der Waals surface area contributed by atoms with E-state index in [0.29, 0.717) is 11.1 Å². The van der Waals surface area contributed by atoms with Gasteiger partial charge in [-0.25, -0.2) is 0 Å². The second kappa shape index (κ2) is 5.12. The highest BCUT2D eigenvalue weighted by molar-refractivity contribution is 7.80. The molecule has 0 bridgehead atoms. The van der Waals surface area contributed by atoms with Gasteiger partial charge in [-0.15, -0.1) is 0 Å². The van der Waals surface area contributed by atoms with E-state index in [1.165, 1.54) is 5.56 Å². The van der Waals surface area contributed by atoms with Gasteiger partial charge in [0.05, 0.1) is 0 Å². The van der Waals surface area contributed by atoms with Crippen molar-refractivity contribution in [3.63, 3.8) is 0 Å². The smallest absolute Gasteiger partial charge is 0.264 e. The summed E-state index contributed by atoms with van der Waals surface area (Å²) >= 11 is 5.05. The first-order valence-corrected chi connectivity index (χ1v) is 5.40. The second-order valence-corrected chi connectivity index (χ2v) is 4.34. The molecule has 0 amide bonds. The summed E-state index contributed by atoms with van der Waals surface area (Å²) in [5.74, 6) is 1.33. The van der Waals surface area contributed by atoms with E-state index >= 15 is 0 Å². The Kier molecular flexibility index (Phi) is 4.09. The molecule has 15 heavy (non-hydrogen) atoms. The SMILES string of the molecule is CC(C)c1ccc(OC(=S)N(C)C)cc1. The minimum absolute atomic E-state index is 0.479. The Hall–Kier alpha value is -1.09. The molecular weight excluding hydrogens is 206 g/mol. The van der Waals surface area contributed by atoms with Crippen LogP contribution >= 0.6 is 12.2 Å². The maximum Gasteiger partial charge on any atom is 0.264 e. The van der Waals surface area contributed by atoms with E-state index in [1.807, 2.05) is 26.2 Å². The lowest BCUT2D eigenvalue weighted by Crippen LogP contribution is -2.24. The van der Waals surface area contributed by atoms with Crippen molar-refractivity contribution in [3.05, 3.63) is 29.8 Å². The van der Waals surface area contributed by atoms with Gasteiger partial charge in [-0.3, -0.25) is 0 Å². The van der Waals surface area contributed by atoms with Crippen LogP contribution in [0.25, 0.3) is 0 Å². The Morgan fingerprint density at radius 3 is 2.13 bits per heavy atom. The molecule has 82 valence electrons. The molecule has 1 aromatic carbocycles. The molecule has 0 unspecified atom stereocenters. The Morgan fingerprint density at radius 2 is 1.73 bits per heavy atom. The summed E-state index contributed by atoms with van der Waals surface area (Å²) in [6.07, 6.45) is 0. The van der Waals surface area contributed by atoms with Crippen LogP contribution in [0.2, 0.25) is 0 Å².